The molecule has 2 amide bonds. The highest BCUT2D eigenvalue weighted by atomic mass is 16.6. The Balaban J connectivity index is 1.72. The number of rotatable bonds is 13. The monoisotopic (exact) mass is 519 g/mol. The van der Waals surface area contributed by atoms with Crippen molar-refractivity contribution in [2.24, 2.45) is 0 Å². The molecule has 0 saturated heterocycles. The third-order valence-electron chi connectivity index (χ3n) is 5.57. The van der Waals surface area contributed by atoms with Crippen LogP contribution in [0.2, 0.25) is 0 Å². The number of carbonyl (C=O) groups excluding carboxylic acids is 2. The molecule has 0 aliphatic heterocycles. The van der Waals surface area contributed by atoms with E-state index in [2.05, 4.69) is 10.6 Å². The summed E-state index contributed by atoms with van der Waals surface area (Å²) < 4.78 is 17.3. The summed E-state index contributed by atoms with van der Waals surface area (Å²) in [6.45, 7) is -0.0785. The molecule has 0 spiro atoms. The topological polar surface area (TPSA) is 132 Å². The molecule has 0 aromatic heterocycles. The van der Waals surface area contributed by atoms with Gasteiger partial charge in [-0.25, -0.2) is 4.79 Å². The summed E-state index contributed by atoms with van der Waals surface area (Å²) in [7, 11) is 1.53. The van der Waals surface area contributed by atoms with E-state index in [1.807, 2.05) is 6.07 Å². The normalized spacial score (nSPS) is 12.5. The molecular weight excluding hydrogens is 486 g/mol. The number of aliphatic hydroxyl groups excluding tert-OH is 1. The summed E-state index contributed by atoms with van der Waals surface area (Å²) in [5.74, 6) is 0.158. The van der Waals surface area contributed by atoms with Gasteiger partial charge in [-0.05, 0) is 49.2 Å². The minimum absolute atomic E-state index is 0.0847. The first-order valence-corrected chi connectivity index (χ1v) is 12.2. The van der Waals surface area contributed by atoms with Crippen LogP contribution in [-0.2, 0) is 14.3 Å². The summed E-state index contributed by atoms with van der Waals surface area (Å²) >= 11 is 0. The van der Waals surface area contributed by atoms with E-state index in [4.69, 9.17) is 19.9 Å². The molecule has 9 nitrogen and oxygen atoms in total. The molecule has 3 rings (SSSR count). The van der Waals surface area contributed by atoms with E-state index in [9.17, 15) is 14.7 Å². The quantitative estimate of drug-likeness (QED) is 0.186. The molecule has 0 saturated carbocycles. The van der Waals surface area contributed by atoms with Gasteiger partial charge in [0.2, 0.25) is 5.91 Å². The molecule has 2 atom stereocenters. The molecular formula is C29H33N3O6. The Morgan fingerprint density at radius 3 is 2.42 bits per heavy atom. The van der Waals surface area contributed by atoms with Gasteiger partial charge in [0.1, 0.15) is 12.4 Å². The van der Waals surface area contributed by atoms with Crippen LogP contribution >= 0.6 is 0 Å². The van der Waals surface area contributed by atoms with Crippen LogP contribution in [0.3, 0.4) is 0 Å². The van der Waals surface area contributed by atoms with Gasteiger partial charge < -0.3 is 30.4 Å². The fourth-order valence-electron chi connectivity index (χ4n) is 3.76. The number of benzene rings is 3. The van der Waals surface area contributed by atoms with E-state index < -0.39 is 18.3 Å². The average Bonchev–Trinajstić information content (AvgIpc) is 2.93. The number of ether oxygens (including phenoxy) is 3. The Hall–Kier alpha value is -4.34. The maximum Gasteiger partial charge on any atom is 0.412 e. The number of para-hydroxylation sites is 4. The number of nitrogens with two attached hydrogens (primary N) is 1. The molecule has 200 valence electrons. The zero-order valence-electron chi connectivity index (χ0n) is 21.2. The number of carbonyl (C=O) groups is 2. The third kappa shape index (κ3) is 8.65. The Kier molecular flexibility index (Phi) is 11.2. The molecule has 0 heterocycles. The highest BCUT2D eigenvalue weighted by Gasteiger charge is 2.29. The zero-order valence-corrected chi connectivity index (χ0v) is 21.2. The van der Waals surface area contributed by atoms with Crippen LogP contribution in [0.4, 0.5) is 21.9 Å². The Morgan fingerprint density at radius 1 is 0.974 bits per heavy atom. The fourth-order valence-corrected chi connectivity index (χ4v) is 3.76. The predicted molar refractivity (Wildman–Crippen MR) is 147 cm³/mol. The van der Waals surface area contributed by atoms with Crippen molar-refractivity contribution in [1.29, 1.82) is 0 Å². The van der Waals surface area contributed by atoms with Gasteiger partial charge in [0, 0.05) is 18.4 Å². The Morgan fingerprint density at radius 2 is 1.68 bits per heavy atom. The molecule has 0 radical (unpaired) electrons. The van der Waals surface area contributed by atoms with Crippen LogP contribution in [0.25, 0.3) is 0 Å². The number of hydrogen-bond donors (Lipinski definition) is 4. The van der Waals surface area contributed by atoms with Crippen molar-refractivity contribution < 1.29 is 28.9 Å². The number of aliphatic hydroxyl groups is 1. The predicted octanol–water partition coefficient (Wildman–Crippen LogP) is 4.92. The summed E-state index contributed by atoms with van der Waals surface area (Å²) in [5, 5.41) is 14.7. The van der Waals surface area contributed by atoms with Gasteiger partial charge in [-0.1, -0.05) is 54.6 Å². The zero-order chi connectivity index (χ0) is 27.2. The van der Waals surface area contributed by atoms with Crippen LogP contribution in [0.15, 0.2) is 91.0 Å². The summed E-state index contributed by atoms with van der Waals surface area (Å²) in [4.78, 5) is 25.1. The number of nitrogens with one attached hydrogen (secondary N) is 2. The number of allylic oxidation sites excluding steroid dienone is 1. The number of methoxy groups -OCH3 is 1. The first-order chi connectivity index (χ1) is 18.5. The van der Waals surface area contributed by atoms with Gasteiger partial charge in [-0.15, -0.1) is 0 Å². The second kappa shape index (κ2) is 15.0. The van der Waals surface area contributed by atoms with E-state index in [0.717, 1.165) is 0 Å². The summed E-state index contributed by atoms with van der Waals surface area (Å²) in [5.41, 5.74) is 8.07. The second-order valence-corrected chi connectivity index (χ2v) is 8.26. The smallest absolute Gasteiger partial charge is 0.412 e. The molecule has 0 aliphatic rings. The lowest BCUT2D eigenvalue weighted by atomic mass is 9.99. The maximum atomic E-state index is 12.8. The van der Waals surface area contributed by atoms with Gasteiger partial charge in [0.25, 0.3) is 0 Å². The van der Waals surface area contributed by atoms with Crippen molar-refractivity contribution >= 4 is 29.1 Å². The van der Waals surface area contributed by atoms with Crippen LogP contribution in [-0.4, -0.2) is 43.5 Å². The first-order valence-electron chi connectivity index (χ1n) is 12.2. The average molecular weight is 520 g/mol. The van der Waals surface area contributed by atoms with E-state index in [1.165, 1.54) is 13.2 Å². The van der Waals surface area contributed by atoms with Crippen molar-refractivity contribution in [3.05, 3.63) is 96.6 Å². The van der Waals surface area contributed by atoms with Crippen LogP contribution in [0.1, 0.15) is 24.5 Å². The van der Waals surface area contributed by atoms with Crippen LogP contribution in [0, 0.1) is 0 Å². The van der Waals surface area contributed by atoms with Gasteiger partial charge in [0.15, 0.2) is 6.10 Å². The molecule has 0 aliphatic carbocycles. The Labute approximate surface area is 222 Å². The van der Waals surface area contributed by atoms with E-state index in [-0.39, 0.29) is 19.1 Å². The van der Waals surface area contributed by atoms with Crippen LogP contribution in [0.5, 0.6) is 5.75 Å². The van der Waals surface area contributed by atoms with Crippen molar-refractivity contribution in [3.8, 4) is 5.75 Å². The summed E-state index contributed by atoms with van der Waals surface area (Å²) in [6.07, 6.45) is 2.00. The standard InChI is InChI=1S/C29H33N3O6/c1-36-26(17-9-10-18-27(34)32-24-15-7-6-14-23(24)30)28(22-13-5-8-16-25(22)37-20-19-33)38-29(35)31-21-11-3-2-4-12-21/h2-8,10-16,18,26,28,33H,9,17,19-20,30H2,1H3,(H,31,35)(H,32,34)/b18-10+/t26-,28-/m1/s1. The van der Waals surface area contributed by atoms with Crippen molar-refractivity contribution in [1.82, 2.24) is 0 Å². The van der Waals surface area contributed by atoms with E-state index >= 15 is 0 Å². The van der Waals surface area contributed by atoms with Gasteiger partial charge in [-0.3, -0.25) is 10.1 Å². The van der Waals surface area contributed by atoms with Crippen molar-refractivity contribution in [3.63, 3.8) is 0 Å². The molecule has 3 aromatic carbocycles. The fraction of sp³-hybridized carbons (Fsp3) is 0.241. The van der Waals surface area contributed by atoms with Crippen molar-refractivity contribution in [2.75, 3.05) is 36.7 Å². The molecule has 38 heavy (non-hydrogen) atoms. The lowest BCUT2D eigenvalue weighted by Gasteiger charge is -2.27. The van der Waals surface area contributed by atoms with E-state index in [0.29, 0.717) is 41.2 Å². The highest BCUT2D eigenvalue weighted by molar-refractivity contribution is 6.01. The molecule has 0 unspecified atom stereocenters. The molecule has 5 N–H and O–H groups in total. The Bertz CT molecular complexity index is 1200. The van der Waals surface area contributed by atoms with E-state index in [1.54, 1.807) is 78.9 Å². The maximum absolute atomic E-state index is 12.8. The molecule has 3 aromatic rings. The SMILES string of the molecule is CO[C@H](CC/C=C/C(=O)Nc1ccccc1N)[C@H](OC(=O)Nc1ccccc1)c1ccccc1OCCO. The largest absolute Gasteiger partial charge is 0.491 e. The number of amides is 2. The van der Waals surface area contributed by atoms with Crippen molar-refractivity contribution in [2.45, 2.75) is 25.0 Å². The number of anilines is 3. The molecule has 0 fully saturated rings. The van der Waals surface area contributed by atoms with Gasteiger partial charge >= 0.3 is 6.09 Å². The van der Waals surface area contributed by atoms with Gasteiger partial charge in [-0.2, -0.15) is 0 Å². The lowest BCUT2D eigenvalue weighted by Crippen LogP contribution is -2.28. The minimum atomic E-state index is -0.829. The highest BCUT2D eigenvalue weighted by Crippen LogP contribution is 2.33. The number of nitrogen functional groups attached to an aromatic ring is 1. The molecule has 0 bridgehead atoms. The molecule has 9 heteroatoms. The first kappa shape index (κ1) is 28.2. The lowest BCUT2D eigenvalue weighted by molar-refractivity contribution is -0.111. The van der Waals surface area contributed by atoms with Gasteiger partial charge in [0.05, 0.1) is 24.1 Å². The minimum Gasteiger partial charge on any atom is -0.491 e. The summed E-state index contributed by atoms with van der Waals surface area (Å²) in [6, 6.07) is 23.1. The van der Waals surface area contributed by atoms with Crippen LogP contribution < -0.4 is 21.1 Å². The second-order valence-electron chi connectivity index (χ2n) is 8.26. The number of hydrogen-bond acceptors (Lipinski definition) is 7. The third-order valence-corrected chi connectivity index (χ3v) is 5.57.